The lowest BCUT2D eigenvalue weighted by molar-refractivity contribution is -0.139. The molecule has 0 heterocycles. The number of halogens is 3. The molecule has 3 aromatic rings. The van der Waals surface area contributed by atoms with E-state index >= 15 is 0 Å². The molecule has 4 rings (SSSR count). The van der Waals surface area contributed by atoms with E-state index in [4.69, 9.17) is 0 Å². The van der Waals surface area contributed by atoms with Crippen LogP contribution < -0.4 is 9.62 Å². The van der Waals surface area contributed by atoms with Crippen LogP contribution in [0.4, 0.5) is 18.9 Å². The normalized spacial score (nSPS) is 15.0. The van der Waals surface area contributed by atoms with Gasteiger partial charge in [-0.05, 0) is 75.1 Å². The molecule has 1 fully saturated rings. The molecule has 0 aliphatic heterocycles. The van der Waals surface area contributed by atoms with Gasteiger partial charge in [0.25, 0.3) is 10.0 Å². The van der Waals surface area contributed by atoms with Gasteiger partial charge in [0.2, 0.25) is 11.8 Å². The second-order valence-electron chi connectivity index (χ2n) is 11.3. The van der Waals surface area contributed by atoms with Crippen LogP contribution in [0.3, 0.4) is 0 Å². The molecule has 0 unspecified atom stereocenters. The Morgan fingerprint density at radius 2 is 1.59 bits per heavy atom. The summed E-state index contributed by atoms with van der Waals surface area (Å²) in [6.07, 6.45) is 0.0230. The Kier molecular flexibility index (Phi) is 10.4. The van der Waals surface area contributed by atoms with Crippen LogP contribution in [0.5, 0.6) is 0 Å². The molecular weight excluding hydrogens is 591 g/mol. The number of rotatable bonds is 10. The lowest BCUT2D eigenvalue weighted by Gasteiger charge is -2.33. The third-order valence-electron chi connectivity index (χ3n) is 8.07. The zero-order chi connectivity index (χ0) is 32.1. The van der Waals surface area contributed by atoms with Crippen LogP contribution in [0.1, 0.15) is 61.3 Å². The standard InChI is InChI=1S/C33H38F3N3O4S/c1-23-16-18-30(19-17-23)44(42,43)39(29-15-9-12-27(20-29)33(34,35)36)22-31(40)38(21-26-11-8-7-10-24(26)2)25(3)32(41)37-28-13-5-4-6-14-28/h7-12,15-20,25,28H,4-6,13-14,21-22H2,1-3H3,(H,37,41)/t25-/m0/s1. The van der Waals surface area contributed by atoms with E-state index in [1.165, 1.54) is 23.1 Å². The number of amides is 2. The average Bonchev–Trinajstić information content (AvgIpc) is 2.99. The summed E-state index contributed by atoms with van der Waals surface area (Å²) in [5.41, 5.74) is 1.04. The van der Waals surface area contributed by atoms with E-state index in [-0.39, 0.29) is 29.1 Å². The number of nitrogens with zero attached hydrogens (tertiary/aromatic N) is 2. The molecule has 1 N–H and O–H groups in total. The van der Waals surface area contributed by atoms with Gasteiger partial charge in [0, 0.05) is 12.6 Å². The molecule has 44 heavy (non-hydrogen) atoms. The van der Waals surface area contributed by atoms with Crippen molar-refractivity contribution >= 4 is 27.5 Å². The summed E-state index contributed by atoms with van der Waals surface area (Å²) in [6.45, 7) is 4.41. The van der Waals surface area contributed by atoms with E-state index in [0.29, 0.717) is 10.4 Å². The molecule has 1 aliphatic carbocycles. The fourth-order valence-corrected chi connectivity index (χ4v) is 6.73. The number of nitrogens with one attached hydrogen (secondary N) is 1. The van der Waals surface area contributed by atoms with E-state index in [9.17, 15) is 31.2 Å². The van der Waals surface area contributed by atoms with Crippen molar-refractivity contribution in [3.05, 3.63) is 95.1 Å². The number of benzene rings is 3. The van der Waals surface area contributed by atoms with Gasteiger partial charge >= 0.3 is 6.18 Å². The largest absolute Gasteiger partial charge is 0.416 e. The highest BCUT2D eigenvalue weighted by Crippen LogP contribution is 2.33. The first-order chi connectivity index (χ1) is 20.8. The predicted molar refractivity (Wildman–Crippen MR) is 163 cm³/mol. The molecule has 1 aliphatic rings. The van der Waals surface area contributed by atoms with Crippen molar-refractivity contribution < 1.29 is 31.2 Å². The maximum Gasteiger partial charge on any atom is 0.416 e. The van der Waals surface area contributed by atoms with Gasteiger partial charge in [0.1, 0.15) is 12.6 Å². The minimum Gasteiger partial charge on any atom is -0.352 e. The van der Waals surface area contributed by atoms with Crippen LogP contribution in [0.2, 0.25) is 0 Å². The molecule has 0 saturated heterocycles. The van der Waals surface area contributed by atoms with Gasteiger partial charge in [-0.15, -0.1) is 0 Å². The zero-order valence-electron chi connectivity index (χ0n) is 25.1. The number of hydrogen-bond acceptors (Lipinski definition) is 4. The summed E-state index contributed by atoms with van der Waals surface area (Å²) < 4.78 is 69.6. The fourth-order valence-electron chi connectivity index (χ4n) is 5.33. The predicted octanol–water partition coefficient (Wildman–Crippen LogP) is 6.38. The van der Waals surface area contributed by atoms with E-state index in [1.54, 1.807) is 32.0 Å². The summed E-state index contributed by atoms with van der Waals surface area (Å²) in [5.74, 6) is -1.10. The molecule has 2 amide bonds. The van der Waals surface area contributed by atoms with Crippen molar-refractivity contribution in [2.24, 2.45) is 0 Å². The van der Waals surface area contributed by atoms with E-state index in [2.05, 4.69) is 5.32 Å². The summed E-state index contributed by atoms with van der Waals surface area (Å²) in [4.78, 5) is 28.7. The number of alkyl halides is 3. The molecule has 0 radical (unpaired) electrons. The van der Waals surface area contributed by atoms with Gasteiger partial charge in [-0.1, -0.05) is 67.3 Å². The summed E-state index contributed by atoms with van der Waals surface area (Å²) >= 11 is 0. The third-order valence-corrected chi connectivity index (χ3v) is 9.86. The van der Waals surface area contributed by atoms with Crippen LogP contribution >= 0.6 is 0 Å². The average molecular weight is 630 g/mol. The summed E-state index contributed by atoms with van der Waals surface area (Å²) in [5, 5.41) is 3.04. The first kappa shape index (κ1) is 33.0. The molecule has 0 spiro atoms. The maximum absolute atomic E-state index is 14.1. The van der Waals surface area contributed by atoms with Crippen LogP contribution in [-0.4, -0.2) is 43.8 Å². The highest BCUT2D eigenvalue weighted by atomic mass is 32.2. The van der Waals surface area contributed by atoms with Crippen LogP contribution in [0.25, 0.3) is 0 Å². The number of anilines is 1. The smallest absolute Gasteiger partial charge is 0.352 e. The Morgan fingerprint density at radius 1 is 0.932 bits per heavy atom. The molecule has 0 aromatic heterocycles. The number of aryl methyl sites for hydroxylation is 2. The molecule has 0 bridgehead atoms. The zero-order valence-corrected chi connectivity index (χ0v) is 25.9. The van der Waals surface area contributed by atoms with E-state index in [0.717, 1.165) is 60.9 Å². The second-order valence-corrected chi connectivity index (χ2v) is 13.2. The lowest BCUT2D eigenvalue weighted by atomic mass is 9.95. The Balaban J connectivity index is 1.73. The minimum atomic E-state index is -4.73. The van der Waals surface area contributed by atoms with E-state index < -0.39 is 40.3 Å². The quantitative estimate of drug-likeness (QED) is 0.282. The summed E-state index contributed by atoms with van der Waals surface area (Å²) in [6, 6.07) is 16.0. The van der Waals surface area contributed by atoms with Crippen LogP contribution in [0, 0.1) is 13.8 Å². The molecule has 3 aromatic carbocycles. The highest BCUT2D eigenvalue weighted by molar-refractivity contribution is 7.92. The van der Waals surface area contributed by atoms with Gasteiger partial charge in [0.15, 0.2) is 0 Å². The second kappa shape index (κ2) is 13.8. The monoisotopic (exact) mass is 629 g/mol. The first-order valence-corrected chi connectivity index (χ1v) is 16.1. The molecule has 1 saturated carbocycles. The Hall–Kier alpha value is -3.86. The molecular formula is C33H38F3N3O4S. The fraction of sp³-hybridized carbons (Fsp3) is 0.394. The van der Waals surface area contributed by atoms with Crippen LogP contribution in [0.15, 0.2) is 77.7 Å². The number of carbonyl (C=O) groups is 2. The van der Waals surface area contributed by atoms with E-state index in [1.807, 2.05) is 25.1 Å². The Morgan fingerprint density at radius 3 is 2.23 bits per heavy atom. The Bertz CT molecular complexity index is 1570. The van der Waals surface area contributed by atoms with Gasteiger partial charge in [-0.2, -0.15) is 13.2 Å². The van der Waals surface area contributed by atoms with Gasteiger partial charge in [-0.3, -0.25) is 13.9 Å². The minimum absolute atomic E-state index is 0.00572. The highest BCUT2D eigenvalue weighted by Gasteiger charge is 2.35. The Labute approximate surface area is 257 Å². The lowest BCUT2D eigenvalue weighted by Crippen LogP contribution is -2.53. The number of carbonyl (C=O) groups excluding carboxylic acids is 2. The van der Waals surface area contributed by atoms with Crippen LogP contribution in [-0.2, 0) is 32.3 Å². The first-order valence-electron chi connectivity index (χ1n) is 14.7. The number of hydrogen-bond donors (Lipinski definition) is 1. The number of sulfonamides is 1. The topological polar surface area (TPSA) is 86.8 Å². The van der Waals surface area contributed by atoms with Gasteiger partial charge in [0.05, 0.1) is 16.1 Å². The molecule has 11 heteroatoms. The molecule has 1 atom stereocenters. The van der Waals surface area contributed by atoms with Crippen molar-refractivity contribution in [2.75, 3.05) is 10.8 Å². The molecule has 236 valence electrons. The SMILES string of the molecule is Cc1ccc(S(=O)(=O)N(CC(=O)N(Cc2ccccc2C)[C@@H](C)C(=O)NC2CCCCC2)c2cccc(C(F)(F)F)c2)cc1. The van der Waals surface area contributed by atoms with Crippen molar-refractivity contribution in [3.8, 4) is 0 Å². The van der Waals surface area contributed by atoms with Gasteiger partial charge in [-0.25, -0.2) is 8.42 Å². The van der Waals surface area contributed by atoms with Crippen molar-refractivity contribution in [1.82, 2.24) is 10.2 Å². The van der Waals surface area contributed by atoms with Crippen molar-refractivity contribution in [3.63, 3.8) is 0 Å². The maximum atomic E-state index is 14.1. The third kappa shape index (κ3) is 7.99. The molecule has 7 nitrogen and oxygen atoms in total. The summed E-state index contributed by atoms with van der Waals surface area (Å²) in [7, 11) is -4.49. The van der Waals surface area contributed by atoms with Crippen molar-refractivity contribution in [1.29, 1.82) is 0 Å². The van der Waals surface area contributed by atoms with Crippen molar-refractivity contribution in [2.45, 2.75) is 82.6 Å². The van der Waals surface area contributed by atoms with Gasteiger partial charge < -0.3 is 10.2 Å².